The second-order valence-corrected chi connectivity index (χ2v) is 5.99. The standard InChI is InChI=1S/C13H12N4O3S/c18-11-9(12-17(11)10(6-21-12)13(19)20)4-7-3-8-5-14-1-2-16(8)15-7/h3-4,6,12,14H,1-2,5H2,(H,19,20). The number of aromatic nitrogens is 2. The molecule has 0 bridgehead atoms. The van der Waals surface area contributed by atoms with Crippen LogP contribution in [0.5, 0.6) is 0 Å². The third kappa shape index (κ3) is 1.83. The molecular weight excluding hydrogens is 292 g/mol. The van der Waals surface area contributed by atoms with Gasteiger partial charge in [0, 0.05) is 18.5 Å². The fraction of sp³-hybridized carbons (Fsp3) is 0.308. The van der Waals surface area contributed by atoms with Crippen molar-refractivity contribution in [3.05, 3.63) is 34.1 Å². The number of hydrogen-bond acceptors (Lipinski definition) is 5. The minimum atomic E-state index is -1.07. The van der Waals surface area contributed by atoms with Crippen molar-refractivity contribution in [2.45, 2.75) is 18.5 Å². The number of aliphatic carboxylic acids is 1. The van der Waals surface area contributed by atoms with Crippen molar-refractivity contribution in [2.24, 2.45) is 0 Å². The van der Waals surface area contributed by atoms with E-state index < -0.39 is 5.97 Å². The van der Waals surface area contributed by atoms with E-state index >= 15 is 0 Å². The van der Waals surface area contributed by atoms with Gasteiger partial charge in [0.15, 0.2) is 0 Å². The maximum atomic E-state index is 12.1. The minimum absolute atomic E-state index is 0.0560. The third-order valence-electron chi connectivity index (χ3n) is 3.75. The third-order valence-corrected chi connectivity index (χ3v) is 4.83. The molecule has 4 heterocycles. The summed E-state index contributed by atoms with van der Waals surface area (Å²) in [7, 11) is 0. The molecule has 4 rings (SSSR count). The molecule has 3 aliphatic rings. The van der Waals surface area contributed by atoms with Crippen molar-refractivity contribution < 1.29 is 14.7 Å². The lowest BCUT2D eigenvalue weighted by molar-refractivity contribution is -0.141. The Kier molecular flexibility index (Phi) is 2.69. The summed E-state index contributed by atoms with van der Waals surface area (Å²) in [5, 5.41) is 18.0. The lowest BCUT2D eigenvalue weighted by Gasteiger charge is -2.36. The summed E-state index contributed by atoms with van der Waals surface area (Å²) >= 11 is 1.34. The number of amides is 1. The lowest BCUT2D eigenvalue weighted by Crippen LogP contribution is -2.51. The van der Waals surface area contributed by atoms with Gasteiger partial charge >= 0.3 is 5.97 Å². The number of carboxylic acid groups (broad SMARTS) is 1. The highest BCUT2D eigenvalue weighted by Crippen LogP contribution is 2.44. The Hall–Kier alpha value is -2.06. The van der Waals surface area contributed by atoms with E-state index in [1.54, 1.807) is 6.08 Å². The summed E-state index contributed by atoms with van der Waals surface area (Å²) in [6.45, 7) is 2.49. The van der Waals surface area contributed by atoms with Gasteiger partial charge in [0.1, 0.15) is 11.1 Å². The van der Waals surface area contributed by atoms with Gasteiger partial charge in [-0.15, -0.1) is 11.8 Å². The normalized spacial score (nSPS) is 25.4. The number of carbonyl (C=O) groups excluding carboxylic acids is 1. The van der Waals surface area contributed by atoms with E-state index in [0.717, 1.165) is 31.0 Å². The van der Waals surface area contributed by atoms with Crippen LogP contribution in [0.15, 0.2) is 22.7 Å². The van der Waals surface area contributed by atoms with Crippen molar-refractivity contribution >= 4 is 29.7 Å². The smallest absolute Gasteiger partial charge is 0.353 e. The molecular formula is C13H12N4O3S. The first-order valence-electron chi connectivity index (χ1n) is 6.56. The Bertz CT molecular complexity index is 697. The van der Waals surface area contributed by atoms with Crippen molar-refractivity contribution in [2.75, 3.05) is 6.54 Å². The first-order valence-corrected chi connectivity index (χ1v) is 7.51. The molecule has 1 fully saturated rings. The van der Waals surface area contributed by atoms with Crippen LogP contribution in [0.4, 0.5) is 0 Å². The topological polar surface area (TPSA) is 87.5 Å². The van der Waals surface area contributed by atoms with Crippen molar-refractivity contribution in [3.63, 3.8) is 0 Å². The molecule has 0 spiro atoms. The van der Waals surface area contributed by atoms with Crippen LogP contribution in [0.2, 0.25) is 0 Å². The summed E-state index contributed by atoms with van der Waals surface area (Å²) in [4.78, 5) is 24.4. The Morgan fingerprint density at radius 3 is 3.19 bits per heavy atom. The number of nitrogens with zero attached hydrogens (tertiary/aromatic N) is 3. The fourth-order valence-electron chi connectivity index (χ4n) is 2.71. The minimum Gasteiger partial charge on any atom is -0.477 e. The van der Waals surface area contributed by atoms with Gasteiger partial charge in [-0.3, -0.25) is 14.4 Å². The van der Waals surface area contributed by atoms with Gasteiger partial charge in [-0.2, -0.15) is 5.10 Å². The molecule has 3 aliphatic heterocycles. The Morgan fingerprint density at radius 2 is 2.43 bits per heavy atom. The second kappa shape index (κ2) is 4.47. The van der Waals surface area contributed by atoms with Gasteiger partial charge in [0.25, 0.3) is 5.91 Å². The van der Waals surface area contributed by atoms with Gasteiger partial charge in [-0.25, -0.2) is 4.79 Å². The summed E-state index contributed by atoms with van der Waals surface area (Å²) < 4.78 is 1.94. The van der Waals surface area contributed by atoms with Gasteiger partial charge < -0.3 is 10.4 Å². The highest BCUT2D eigenvalue weighted by molar-refractivity contribution is 8.03. The Morgan fingerprint density at radius 1 is 1.57 bits per heavy atom. The second-order valence-electron chi connectivity index (χ2n) is 5.03. The largest absolute Gasteiger partial charge is 0.477 e. The SMILES string of the molecule is O=C(O)C1=CSC2C(=Cc3cc4n(n3)CCNC4)C(=O)N12. The van der Waals surface area contributed by atoms with Crippen LogP contribution < -0.4 is 5.32 Å². The molecule has 1 aromatic rings. The molecule has 0 aromatic carbocycles. The predicted molar refractivity (Wildman–Crippen MR) is 75.9 cm³/mol. The van der Waals surface area contributed by atoms with Crippen molar-refractivity contribution in [3.8, 4) is 0 Å². The van der Waals surface area contributed by atoms with Crippen LogP contribution >= 0.6 is 11.8 Å². The zero-order chi connectivity index (χ0) is 14.6. The van der Waals surface area contributed by atoms with E-state index in [0.29, 0.717) is 5.57 Å². The maximum absolute atomic E-state index is 12.1. The molecule has 7 nitrogen and oxygen atoms in total. The summed E-state index contributed by atoms with van der Waals surface area (Å²) in [6, 6.07) is 1.96. The zero-order valence-electron chi connectivity index (χ0n) is 10.9. The fourth-order valence-corrected chi connectivity index (χ4v) is 3.83. The molecule has 2 N–H and O–H groups in total. The number of carboxylic acids is 1. The predicted octanol–water partition coefficient (Wildman–Crippen LogP) is 0.211. The number of hydrogen-bond donors (Lipinski definition) is 2. The van der Waals surface area contributed by atoms with Crippen LogP contribution in [0, 0.1) is 0 Å². The number of thioether (sulfide) groups is 1. The molecule has 1 unspecified atom stereocenters. The molecule has 1 aromatic heterocycles. The highest BCUT2D eigenvalue weighted by Gasteiger charge is 2.49. The number of nitrogens with one attached hydrogen (secondary N) is 1. The Labute approximate surface area is 124 Å². The van der Waals surface area contributed by atoms with E-state index in [2.05, 4.69) is 10.4 Å². The van der Waals surface area contributed by atoms with E-state index in [1.165, 1.54) is 22.1 Å². The lowest BCUT2D eigenvalue weighted by atomic mass is 10.0. The summed E-state index contributed by atoms with van der Waals surface area (Å²) in [6.07, 6.45) is 1.76. The number of β-lactam (4-membered cyclic amide) rings is 1. The highest BCUT2D eigenvalue weighted by atomic mass is 32.2. The Balaban J connectivity index is 1.60. The van der Waals surface area contributed by atoms with E-state index in [1.807, 2.05) is 10.7 Å². The van der Waals surface area contributed by atoms with Crippen LogP contribution in [0.1, 0.15) is 11.4 Å². The van der Waals surface area contributed by atoms with Crippen LogP contribution in [0.3, 0.4) is 0 Å². The van der Waals surface area contributed by atoms with Crippen molar-refractivity contribution in [1.82, 2.24) is 20.0 Å². The molecule has 108 valence electrons. The molecule has 21 heavy (non-hydrogen) atoms. The van der Waals surface area contributed by atoms with E-state index in [4.69, 9.17) is 5.11 Å². The summed E-state index contributed by atoms with van der Waals surface area (Å²) in [5.41, 5.74) is 2.51. The molecule has 0 radical (unpaired) electrons. The van der Waals surface area contributed by atoms with Crippen LogP contribution in [-0.4, -0.2) is 43.6 Å². The van der Waals surface area contributed by atoms with Crippen LogP contribution in [0.25, 0.3) is 6.08 Å². The van der Waals surface area contributed by atoms with Crippen LogP contribution in [-0.2, 0) is 22.7 Å². The molecule has 0 aliphatic carbocycles. The summed E-state index contributed by atoms with van der Waals surface area (Å²) in [5.74, 6) is -1.32. The van der Waals surface area contributed by atoms with E-state index in [9.17, 15) is 9.59 Å². The zero-order valence-corrected chi connectivity index (χ0v) is 11.8. The average molecular weight is 304 g/mol. The average Bonchev–Trinajstić information content (AvgIpc) is 3.05. The molecule has 1 amide bonds. The number of fused-ring (bicyclic) bond motifs is 2. The van der Waals surface area contributed by atoms with Gasteiger partial charge in [-0.1, -0.05) is 0 Å². The van der Waals surface area contributed by atoms with E-state index in [-0.39, 0.29) is 17.0 Å². The van der Waals surface area contributed by atoms with Crippen molar-refractivity contribution in [1.29, 1.82) is 0 Å². The van der Waals surface area contributed by atoms with Gasteiger partial charge in [-0.05, 0) is 12.1 Å². The monoisotopic (exact) mass is 304 g/mol. The van der Waals surface area contributed by atoms with Gasteiger partial charge in [0.05, 0.1) is 23.5 Å². The van der Waals surface area contributed by atoms with Gasteiger partial charge in [0.2, 0.25) is 0 Å². The number of rotatable bonds is 2. The molecule has 1 atom stereocenters. The first kappa shape index (κ1) is 12.7. The molecule has 1 saturated heterocycles. The number of carbonyl (C=O) groups is 2. The maximum Gasteiger partial charge on any atom is 0.353 e. The molecule has 8 heteroatoms. The quantitative estimate of drug-likeness (QED) is 0.600. The first-order chi connectivity index (χ1) is 10.1. The molecule has 0 saturated carbocycles.